The van der Waals surface area contributed by atoms with E-state index in [-0.39, 0.29) is 12.1 Å². The second-order valence-electron chi connectivity index (χ2n) is 7.41. The first-order valence-electron chi connectivity index (χ1n) is 9.16. The van der Waals surface area contributed by atoms with Gasteiger partial charge in [-0.3, -0.25) is 4.90 Å². The number of rotatable bonds is 2. The van der Waals surface area contributed by atoms with Crippen LogP contribution in [0.3, 0.4) is 0 Å². The summed E-state index contributed by atoms with van der Waals surface area (Å²) < 4.78 is 0. The Balaban J connectivity index is 1.54. The standard InChI is InChI=1S/C18H24N4OS/c1-11-19-17(16-12-5-4-6-15(12)24-18(16)20-11)22-9-13(14(23)10-22)21-7-2-3-8-21/h13-14,23H,2-10H2,1H3/t13-,14-/m1/s1. The first kappa shape index (κ1) is 15.0. The number of thiophene rings is 1. The van der Waals surface area contributed by atoms with Crippen molar-refractivity contribution in [3.63, 3.8) is 0 Å². The smallest absolute Gasteiger partial charge is 0.141 e. The molecule has 2 saturated heterocycles. The van der Waals surface area contributed by atoms with E-state index in [1.54, 1.807) is 0 Å². The molecular weight excluding hydrogens is 320 g/mol. The number of hydrogen-bond acceptors (Lipinski definition) is 6. The summed E-state index contributed by atoms with van der Waals surface area (Å²) in [5.41, 5.74) is 1.48. The number of aromatic nitrogens is 2. The van der Waals surface area contributed by atoms with Gasteiger partial charge in [-0.25, -0.2) is 9.97 Å². The number of anilines is 1. The van der Waals surface area contributed by atoms with E-state index in [1.807, 2.05) is 18.3 Å². The molecule has 0 radical (unpaired) electrons. The van der Waals surface area contributed by atoms with Crippen molar-refractivity contribution >= 4 is 27.4 Å². The van der Waals surface area contributed by atoms with Gasteiger partial charge in [0.1, 0.15) is 16.5 Å². The molecule has 6 heteroatoms. The van der Waals surface area contributed by atoms with Gasteiger partial charge in [0.15, 0.2) is 0 Å². The van der Waals surface area contributed by atoms with Gasteiger partial charge in [0.25, 0.3) is 0 Å². The van der Waals surface area contributed by atoms with E-state index in [4.69, 9.17) is 9.97 Å². The van der Waals surface area contributed by atoms with Crippen LogP contribution in [0, 0.1) is 6.92 Å². The highest BCUT2D eigenvalue weighted by molar-refractivity contribution is 7.19. The van der Waals surface area contributed by atoms with Crippen LogP contribution in [-0.4, -0.2) is 58.3 Å². The molecule has 2 aromatic heterocycles. The van der Waals surface area contributed by atoms with E-state index in [0.29, 0.717) is 6.54 Å². The molecular formula is C18H24N4OS. The van der Waals surface area contributed by atoms with Crippen molar-refractivity contribution in [3.05, 3.63) is 16.3 Å². The van der Waals surface area contributed by atoms with Crippen LogP contribution in [0.25, 0.3) is 10.2 Å². The van der Waals surface area contributed by atoms with E-state index >= 15 is 0 Å². The molecule has 3 aliphatic rings. The zero-order valence-electron chi connectivity index (χ0n) is 14.2. The molecule has 128 valence electrons. The van der Waals surface area contributed by atoms with Crippen molar-refractivity contribution in [2.24, 2.45) is 0 Å². The number of likely N-dealkylation sites (tertiary alicyclic amines) is 1. The average Bonchev–Trinajstić information content (AvgIpc) is 3.28. The molecule has 0 bridgehead atoms. The van der Waals surface area contributed by atoms with Crippen LogP contribution < -0.4 is 4.90 Å². The van der Waals surface area contributed by atoms with E-state index in [0.717, 1.165) is 42.5 Å². The van der Waals surface area contributed by atoms with Crippen LogP contribution in [0.5, 0.6) is 0 Å². The zero-order valence-corrected chi connectivity index (χ0v) is 15.0. The quantitative estimate of drug-likeness (QED) is 0.904. The van der Waals surface area contributed by atoms with Crippen LogP contribution in [-0.2, 0) is 12.8 Å². The maximum Gasteiger partial charge on any atom is 0.141 e. The fraction of sp³-hybridized carbons (Fsp3) is 0.667. The predicted octanol–water partition coefficient (Wildman–Crippen LogP) is 2.13. The summed E-state index contributed by atoms with van der Waals surface area (Å²) in [4.78, 5) is 16.9. The van der Waals surface area contributed by atoms with Crippen LogP contribution in [0.2, 0.25) is 0 Å². The Morgan fingerprint density at radius 1 is 1.08 bits per heavy atom. The van der Waals surface area contributed by atoms with Crippen LogP contribution >= 0.6 is 11.3 Å². The van der Waals surface area contributed by atoms with Crippen molar-refractivity contribution < 1.29 is 5.11 Å². The Morgan fingerprint density at radius 2 is 1.92 bits per heavy atom. The summed E-state index contributed by atoms with van der Waals surface area (Å²) >= 11 is 1.85. The molecule has 2 aliphatic heterocycles. The third-order valence-electron chi connectivity index (χ3n) is 5.83. The topological polar surface area (TPSA) is 52.5 Å². The number of β-amino-alcohol motifs (C(OH)–C–C–N with tert-alkyl or cyclic N) is 1. The van der Waals surface area contributed by atoms with E-state index < -0.39 is 0 Å². The molecule has 24 heavy (non-hydrogen) atoms. The van der Waals surface area contributed by atoms with Crippen molar-refractivity contribution in [3.8, 4) is 0 Å². The number of aryl methyl sites for hydroxylation is 3. The molecule has 2 fully saturated rings. The van der Waals surface area contributed by atoms with Gasteiger partial charge < -0.3 is 10.0 Å². The molecule has 5 rings (SSSR count). The van der Waals surface area contributed by atoms with Crippen LogP contribution in [0.4, 0.5) is 5.82 Å². The summed E-state index contributed by atoms with van der Waals surface area (Å²) in [6.45, 7) is 5.82. The highest BCUT2D eigenvalue weighted by Crippen LogP contribution is 2.41. The predicted molar refractivity (Wildman–Crippen MR) is 97.0 cm³/mol. The van der Waals surface area contributed by atoms with Crippen LogP contribution in [0.15, 0.2) is 0 Å². The molecule has 0 amide bonds. The lowest BCUT2D eigenvalue weighted by Crippen LogP contribution is -2.41. The molecule has 4 heterocycles. The summed E-state index contributed by atoms with van der Waals surface area (Å²) in [5, 5.41) is 11.9. The molecule has 1 N–H and O–H groups in total. The summed E-state index contributed by atoms with van der Waals surface area (Å²) in [5.74, 6) is 1.91. The summed E-state index contributed by atoms with van der Waals surface area (Å²) in [7, 11) is 0. The molecule has 0 aromatic carbocycles. The second kappa shape index (κ2) is 5.64. The van der Waals surface area contributed by atoms with Gasteiger partial charge in [0, 0.05) is 18.0 Å². The van der Waals surface area contributed by atoms with E-state index in [1.165, 1.54) is 41.5 Å². The Kier molecular flexibility index (Phi) is 3.54. The fourth-order valence-corrected chi connectivity index (χ4v) is 5.99. The molecule has 2 atom stereocenters. The molecule has 0 saturated carbocycles. The largest absolute Gasteiger partial charge is 0.390 e. The number of nitrogens with zero attached hydrogens (tertiary/aromatic N) is 4. The van der Waals surface area contributed by atoms with Gasteiger partial charge in [0.2, 0.25) is 0 Å². The molecule has 1 aliphatic carbocycles. The minimum atomic E-state index is -0.278. The highest BCUT2D eigenvalue weighted by atomic mass is 32.1. The number of hydrogen-bond donors (Lipinski definition) is 1. The first-order chi connectivity index (χ1) is 11.7. The maximum absolute atomic E-state index is 10.6. The Hall–Kier alpha value is -1.24. The lowest BCUT2D eigenvalue weighted by molar-refractivity contribution is 0.0986. The van der Waals surface area contributed by atoms with Crippen LogP contribution in [0.1, 0.15) is 35.5 Å². The van der Waals surface area contributed by atoms with Gasteiger partial charge in [-0.1, -0.05) is 0 Å². The van der Waals surface area contributed by atoms with E-state index in [9.17, 15) is 5.11 Å². The fourth-order valence-electron chi connectivity index (χ4n) is 4.68. The van der Waals surface area contributed by atoms with Gasteiger partial charge in [0.05, 0.1) is 17.5 Å². The van der Waals surface area contributed by atoms with Gasteiger partial charge in [-0.05, 0) is 57.7 Å². The minimum absolute atomic E-state index is 0.254. The summed E-state index contributed by atoms with van der Waals surface area (Å²) in [6, 6.07) is 0.254. The number of aliphatic hydroxyl groups is 1. The molecule has 0 spiro atoms. The second-order valence-corrected chi connectivity index (χ2v) is 8.50. The summed E-state index contributed by atoms with van der Waals surface area (Å²) in [6.07, 6.45) is 5.84. The van der Waals surface area contributed by atoms with Crippen molar-refractivity contribution in [1.82, 2.24) is 14.9 Å². The van der Waals surface area contributed by atoms with Crippen molar-refractivity contribution in [2.45, 2.75) is 51.2 Å². The van der Waals surface area contributed by atoms with E-state index in [2.05, 4.69) is 9.80 Å². The Bertz CT molecular complexity index is 783. The zero-order chi connectivity index (χ0) is 16.3. The van der Waals surface area contributed by atoms with Gasteiger partial charge in [-0.15, -0.1) is 11.3 Å². The Labute approximate surface area is 146 Å². The third kappa shape index (κ3) is 2.27. The average molecular weight is 344 g/mol. The van der Waals surface area contributed by atoms with Gasteiger partial charge in [-0.2, -0.15) is 0 Å². The molecule has 0 unspecified atom stereocenters. The highest BCUT2D eigenvalue weighted by Gasteiger charge is 2.38. The van der Waals surface area contributed by atoms with Crippen molar-refractivity contribution in [1.29, 1.82) is 0 Å². The first-order valence-corrected chi connectivity index (χ1v) is 9.98. The number of aliphatic hydroxyl groups excluding tert-OH is 1. The lowest BCUT2D eigenvalue weighted by atomic mass is 10.2. The SMILES string of the molecule is Cc1nc(N2C[C@@H](O)[C@H](N3CCCC3)C2)c2c3c(sc2n1)CCC3. The number of fused-ring (bicyclic) bond motifs is 3. The Morgan fingerprint density at radius 3 is 2.75 bits per heavy atom. The maximum atomic E-state index is 10.6. The molecule has 5 nitrogen and oxygen atoms in total. The molecule has 2 aromatic rings. The third-order valence-corrected chi connectivity index (χ3v) is 7.01. The normalized spacial score (nSPS) is 27.5. The minimum Gasteiger partial charge on any atom is -0.390 e. The monoisotopic (exact) mass is 344 g/mol. The van der Waals surface area contributed by atoms with Gasteiger partial charge >= 0.3 is 0 Å². The lowest BCUT2D eigenvalue weighted by Gasteiger charge is -2.25. The van der Waals surface area contributed by atoms with Crippen molar-refractivity contribution in [2.75, 3.05) is 31.1 Å².